The van der Waals surface area contributed by atoms with Crippen LogP contribution in [0.1, 0.15) is 5.82 Å². The zero-order chi connectivity index (χ0) is 14.1. The molecule has 3 aromatic rings. The first-order valence-corrected chi connectivity index (χ1v) is 6.04. The molecule has 0 amide bonds. The average molecular weight is 271 g/mol. The highest BCUT2D eigenvalue weighted by molar-refractivity contribution is 5.40. The summed E-state index contributed by atoms with van der Waals surface area (Å²) in [5.74, 6) is 0.997. The minimum Gasteiger partial charge on any atom is -0.376 e. The third kappa shape index (κ3) is 2.22. The van der Waals surface area contributed by atoms with E-state index in [0.717, 1.165) is 5.69 Å². The van der Waals surface area contributed by atoms with Crippen molar-refractivity contribution in [1.82, 2.24) is 29.4 Å². The molecule has 102 valence electrons. The lowest BCUT2D eigenvalue weighted by Crippen LogP contribution is -2.25. The van der Waals surface area contributed by atoms with E-state index in [9.17, 15) is 4.79 Å². The zero-order valence-electron chi connectivity index (χ0n) is 11.1. The highest BCUT2D eigenvalue weighted by Gasteiger charge is 2.07. The summed E-state index contributed by atoms with van der Waals surface area (Å²) in [6.45, 7) is 0.218. The molecule has 0 spiro atoms. The van der Waals surface area contributed by atoms with Crippen LogP contribution in [0.5, 0.6) is 0 Å². The topological polar surface area (TPSA) is 81.2 Å². The van der Waals surface area contributed by atoms with E-state index in [1.54, 1.807) is 29.2 Å². The van der Waals surface area contributed by atoms with Crippen LogP contribution in [0, 0.1) is 0 Å². The normalized spacial score (nSPS) is 10.9. The highest BCUT2D eigenvalue weighted by Crippen LogP contribution is 2.04. The SMILES string of the molecule is CN(C)c1cnn(Cc2nc3ncccn3n2)c(=O)c1. The number of fused-ring (bicyclic) bond motifs is 1. The first kappa shape index (κ1) is 12.3. The van der Waals surface area contributed by atoms with Gasteiger partial charge >= 0.3 is 0 Å². The molecular weight excluding hydrogens is 258 g/mol. The molecule has 0 unspecified atom stereocenters. The maximum atomic E-state index is 12.0. The van der Waals surface area contributed by atoms with Crippen molar-refractivity contribution in [2.45, 2.75) is 6.54 Å². The molecular formula is C12H13N7O. The van der Waals surface area contributed by atoms with Crippen LogP contribution in [0.2, 0.25) is 0 Å². The van der Waals surface area contributed by atoms with Crippen LogP contribution < -0.4 is 10.5 Å². The fourth-order valence-electron chi connectivity index (χ4n) is 1.76. The Kier molecular flexibility index (Phi) is 2.90. The smallest absolute Gasteiger partial charge is 0.269 e. The van der Waals surface area contributed by atoms with E-state index < -0.39 is 0 Å². The quantitative estimate of drug-likeness (QED) is 0.656. The van der Waals surface area contributed by atoms with Crippen molar-refractivity contribution in [3.8, 4) is 0 Å². The summed E-state index contributed by atoms with van der Waals surface area (Å²) in [5.41, 5.74) is 0.568. The molecule has 0 radical (unpaired) electrons. The fourth-order valence-corrected chi connectivity index (χ4v) is 1.76. The van der Waals surface area contributed by atoms with Gasteiger partial charge in [0.1, 0.15) is 6.54 Å². The largest absolute Gasteiger partial charge is 0.376 e. The molecule has 8 nitrogen and oxygen atoms in total. The second kappa shape index (κ2) is 4.72. The summed E-state index contributed by atoms with van der Waals surface area (Å²) >= 11 is 0. The number of hydrogen-bond acceptors (Lipinski definition) is 6. The van der Waals surface area contributed by atoms with Gasteiger partial charge < -0.3 is 4.90 Å². The number of nitrogens with zero attached hydrogens (tertiary/aromatic N) is 7. The Hall–Kier alpha value is -2.77. The van der Waals surface area contributed by atoms with Crippen LogP contribution in [0.4, 0.5) is 5.69 Å². The van der Waals surface area contributed by atoms with Crippen LogP contribution in [-0.2, 0) is 6.54 Å². The predicted molar refractivity (Wildman–Crippen MR) is 72.7 cm³/mol. The second-order valence-electron chi connectivity index (χ2n) is 4.50. The van der Waals surface area contributed by atoms with E-state index in [2.05, 4.69) is 20.2 Å². The molecule has 0 bridgehead atoms. The third-order valence-corrected chi connectivity index (χ3v) is 2.82. The lowest BCUT2D eigenvalue weighted by atomic mass is 10.4. The molecule has 0 aliphatic rings. The Morgan fingerprint density at radius 1 is 1.35 bits per heavy atom. The van der Waals surface area contributed by atoms with Gasteiger partial charge in [-0.1, -0.05) is 0 Å². The maximum Gasteiger partial charge on any atom is 0.269 e. The van der Waals surface area contributed by atoms with Gasteiger partial charge in [-0.15, -0.1) is 5.10 Å². The van der Waals surface area contributed by atoms with Gasteiger partial charge in [0.15, 0.2) is 5.82 Å². The molecule has 0 fully saturated rings. The van der Waals surface area contributed by atoms with Gasteiger partial charge in [-0.3, -0.25) is 4.79 Å². The summed E-state index contributed by atoms with van der Waals surface area (Å²) in [4.78, 5) is 22.1. The van der Waals surface area contributed by atoms with Crippen LogP contribution in [0.15, 0.2) is 35.5 Å². The van der Waals surface area contributed by atoms with E-state index in [0.29, 0.717) is 11.6 Å². The summed E-state index contributed by atoms with van der Waals surface area (Å²) < 4.78 is 2.89. The summed E-state index contributed by atoms with van der Waals surface area (Å²) in [6.07, 6.45) is 5.03. The van der Waals surface area contributed by atoms with Crippen molar-refractivity contribution >= 4 is 11.5 Å². The highest BCUT2D eigenvalue weighted by atomic mass is 16.1. The van der Waals surface area contributed by atoms with Crippen LogP contribution >= 0.6 is 0 Å². The van der Waals surface area contributed by atoms with Crippen molar-refractivity contribution in [3.63, 3.8) is 0 Å². The Balaban J connectivity index is 1.92. The molecule has 0 aliphatic heterocycles. The molecule has 20 heavy (non-hydrogen) atoms. The second-order valence-corrected chi connectivity index (χ2v) is 4.50. The van der Waals surface area contributed by atoms with Gasteiger partial charge in [0.25, 0.3) is 11.3 Å². The Bertz CT molecular complexity index is 772. The van der Waals surface area contributed by atoms with Gasteiger partial charge in [-0.2, -0.15) is 10.1 Å². The van der Waals surface area contributed by atoms with E-state index in [1.807, 2.05) is 19.0 Å². The molecule has 0 atom stereocenters. The maximum absolute atomic E-state index is 12.0. The fraction of sp³-hybridized carbons (Fsp3) is 0.250. The molecule has 0 aliphatic carbocycles. The molecule has 3 aromatic heterocycles. The van der Waals surface area contributed by atoms with E-state index >= 15 is 0 Å². The zero-order valence-corrected chi connectivity index (χ0v) is 11.1. The lowest BCUT2D eigenvalue weighted by Gasteiger charge is -2.11. The monoisotopic (exact) mass is 271 g/mol. The molecule has 8 heteroatoms. The van der Waals surface area contributed by atoms with Gasteiger partial charge in [-0.25, -0.2) is 14.2 Å². The van der Waals surface area contributed by atoms with E-state index in [1.165, 1.54) is 10.7 Å². The van der Waals surface area contributed by atoms with Crippen LogP contribution in [0.3, 0.4) is 0 Å². The van der Waals surface area contributed by atoms with Crippen molar-refractivity contribution in [1.29, 1.82) is 0 Å². The van der Waals surface area contributed by atoms with Crippen molar-refractivity contribution in [2.24, 2.45) is 0 Å². The predicted octanol–water partition coefficient (Wildman–Crippen LogP) is -0.205. The first-order chi connectivity index (χ1) is 9.63. The molecule has 0 saturated carbocycles. The Labute approximate surface area is 114 Å². The number of rotatable bonds is 3. The summed E-state index contributed by atoms with van der Waals surface area (Å²) in [6, 6.07) is 3.29. The van der Waals surface area contributed by atoms with Crippen LogP contribution in [0.25, 0.3) is 5.78 Å². The lowest BCUT2D eigenvalue weighted by molar-refractivity contribution is 0.613. The minimum atomic E-state index is -0.192. The average Bonchev–Trinajstić information content (AvgIpc) is 2.83. The minimum absolute atomic E-state index is 0.192. The van der Waals surface area contributed by atoms with Crippen LogP contribution in [-0.4, -0.2) is 43.5 Å². The first-order valence-electron chi connectivity index (χ1n) is 6.04. The van der Waals surface area contributed by atoms with Gasteiger partial charge in [0, 0.05) is 32.6 Å². The third-order valence-electron chi connectivity index (χ3n) is 2.82. The number of anilines is 1. The van der Waals surface area contributed by atoms with Crippen molar-refractivity contribution < 1.29 is 0 Å². The number of aromatic nitrogens is 6. The summed E-state index contributed by atoms with van der Waals surface area (Å²) in [7, 11) is 3.71. The van der Waals surface area contributed by atoms with E-state index in [4.69, 9.17) is 0 Å². The van der Waals surface area contributed by atoms with Crippen molar-refractivity contribution in [2.75, 3.05) is 19.0 Å². The standard InChI is InChI=1S/C12H13N7O/c1-17(2)9-6-11(20)19(14-7-9)8-10-15-12-13-4-3-5-18(12)16-10/h3-7H,8H2,1-2H3. The molecule has 3 rings (SSSR count). The Morgan fingerprint density at radius 3 is 2.90 bits per heavy atom. The molecule has 0 N–H and O–H groups in total. The van der Waals surface area contributed by atoms with Gasteiger partial charge in [0.05, 0.1) is 11.9 Å². The summed E-state index contributed by atoms with van der Waals surface area (Å²) in [5, 5.41) is 8.36. The molecule has 0 saturated heterocycles. The molecule has 0 aromatic carbocycles. The van der Waals surface area contributed by atoms with Crippen molar-refractivity contribution in [3.05, 3.63) is 46.9 Å². The molecule has 3 heterocycles. The number of hydrogen-bond donors (Lipinski definition) is 0. The van der Waals surface area contributed by atoms with Gasteiger partial charge in [0.2, 0.25) is 0 Å². The van der Waals surface area contributed by atoms with E-state index in [-0.39, 0.29) is 12.1 Å². The van der Waals surface area contributed by atoms with Gasteiger partial charge in [-0.05, 0) is 6.07 Å². The Morgan fingerprint density at radius 2 is 2.20 bits per heavy atom.